The number of benzene rings is 4. The van der Waals surface area contributed by atoms with Gasteiger partial charge in [0.2, 0.25) is 0 Å². The minimum Gasteiger partial charge on any atom is -0.396 e. The van der Waals surface area contributed by atoms with Gasteiger partial charge in [0.1, 0.15) is 0 Å². The maximum atomic E-state index is 10.6. The van der Waals surface area contributed by atoms with Crippen molar-refractivity contribution in [2.75, 3.05) is 13.2 Å². The molecule has 0 saturated carbocycles. The SMILES string of the molecule is CC(C)(CO)CC1(CC(C)(C)CC2(CC(C)(C)CO)c3ccccc3-c3ccccc32)c2ccccc2-c2ccccc21. The monoisotopic (exact) mass is 572 g/mol. The first kappa shape index (κ1) is 29.9. The van der Waals surface area contributed by atoms with E-state index in [1.165, 1.54) is 44.5 Å². The minimum atomic E-state index is -0.246. The van der Waals surface area contributed by atoms with Gasteiger partial charge < -0.3 is 10.2 Å². The summed E-state index contributed by atoms with van der Waals surface area (Å²) in [5.41, 5.74) is 9.84. The van der Waals surface area contributed by atoms with E-state index in [-0.39, 0.29) is 40.3 Å². The second-order valence-electron chi connectivity index (χ2n) is 15.9. The van der Waals surface area contributed by atoms with Gasteiger partial charge in [-0.05, 0) is 86.4 Å². The molecule has 224 valence electrons. The summed E-state index contributed by atoms with van der Waals surface area (Å²) in [4.78, 5) is 0. The van der Waals surface area contributed by atoms with Crippen molar-refractivity contribution in [2.24, 2.45) is 16.2 Å². The predicted octanol–water partition coefficient (Wildman–Crippen LogP) is 9.54. The third kappa shape index (κ3) is 4.97. The molecule has 2 nitrogen and oxygen atoms in total. The molecule has 4 aromatic carbocycles. The van der Waals surface area contributed by atoms with Gasteiger partial charge in [-0.1, -0.05) is 139 Å². The summed E-state index contributed by atoms with van der Waals surface area (Å²) in [6.07, 6.45) is 3.67. The summed E-state index contributed by atoms with van der Waals surface area (Å²) >= 11 is 0. The fraction of sp³-hybridized carbons (Fsp3) is 0.415. The van der Waals surface area contributed by atoms with Crippen LogP contribution in [0, 0.1) is 16.2 Å². The summed E-state index contributed by atoms with van der Waals surface area (Å²) in [5, 5.41) is 21.2. The van der Waals surface area contributed by atoms with E-state index in [4.69, 9.17) is 0 Å². The van der Waals surface area contributed by atoms with Crippen LogP contribution >= 0.6 is 0 Å². The first-order chi connectivity index (χ1) is 20.4. The number of aliphatic hydroxyl groups excluding tert-OH is 2. The van der Waals surface area contributed by atoms with Gasteiger partial charge in [0.25, 0.3) is 0 Å². The zero-order chi connectivity index (χ0) is 30.7. The van der Waals surface area contributed by atoms with Gasteiger partial charge in [0, 0.05) is 24.0 Å². The molecule has 0 fully saturated rings. The normalized spacial score (nSPS) is 16.4. The van der Waals surface area contributed by atoms with E-state index >= 15 is 0 Å². The molecule has 2 aliphatic rings. The van der Waals surface area contributed by atoms with Crippen LogP contribution in [0.25, 0.3) is 22.3 Å². The van der Waals surface area contributed by atoms with Crippen molar-refractivity contribution in [3.63, 3.8) is 0 Å². The van der Waals surface area contributed by atoms with Crippen LogP contribution in [0.3, 0.4) is 0 Å². The van der Waals surface area contributed by atoms with Gasteiger partial charge in [0.15, 0.2) is 0 Å². The molecule has 0 unspecified atom stereocenters. The van der Waals surface area contributed by atoms with Gasteiger partial charge in [-0.2, -0.15) is 0 Å². The van der Waals surface area contributed by atoms with Crippen LogP contribution in [0.1, 0.15) is 89.5 Å². The summed E-state index contributed by atoms with van der Waals surface area (Å²) in [5.74, 6) is 0. The van der Waals surface area contributed by atoms with E-state index in [0.717, 1.165) is 25.7 Å². The van der Waals surface area contributed by atoms with Crippen molar-refractivity contribution in [3.8, 4) is 22.3 Å². The first-order valence-electron chi connectivity index (χ1n) is 16.0. The topological polar surface area (TPSA) is 40.5 Å². The van der Waals surface area contributed by atoms with Gasteiger partial charge in [-0.3, -0.25) is 0 Å². The average molecular weight is 573 g/mol. The Hall–Kier alpha value is -3.20. The fourth-order valence-corrected chi connectivity index (χ4v) is 9.16. The lowest BCUT2D eigenvalue weighted by atomic mass is 9.56. The molecule has 0 saturated heterocycles. The summed E-state index contributed by atoms with van der Waals surface area (Å²) in [7, 11) is 0. The van der Waals surface area contributed by atoms with Gasteiger partial charge in [-0.15, -0.1) is 0 Å². The Bertz CT molecular complexity index is 1430. The molecule has 0 amide bonds. The molecule has 2 aliphatic carbocycles. The molecule has 0 radical (unpaired) electrons. The molecule has 2 N–H and O–H groups in total. The van der Waals surface area contributed by atoms with Crippen LogP contribution in [0.5, 0.6) is 0 Å². The van der Waals surface area contributed by atoms with Crippen molar-refractivity contribution in [3.05, 3.63) is 119 Å². The fourth-order valence-electron chi connectivity index (χ4n) is 9.16. The summed E-state index contributed by atoms with van der Waals surface area (Å²) in [6.45, 7) is 14.0. The lowest BCUT2D eigenvalue weighted by Gasteiger charge is -2.48. The van der Waals surface area contributed by atoms with Crippen LogP contribution in [0.15, 0.2) is 97.1 Å². The summed E-state index contributed by atoms with van der Waals surface area (Å²) in [6, 6.07) is 35.9. The standard InChI is InChI=1S/C41H48O2/c1-37(2,23-40(25-38(3,4)27-42)33-19-11-7-15-29(33)30-16-8-12-20-34(30)40)24-41(26-39(5,6)28-43)35-21-13-9-17-31(35)32-18-10-14-22-36(32)41/h7-22,42-43H,23-28H2,1-6H3. The van der Waals surface area contributed by atoms with E-state index in [0.29, 0.717) is 0 Å². The van der Waals surface area contributed by atoms with Crippen LogP contribution in [0.2, 0.25) is 0 Å². The van der Waals surface area contributed by atoms with Crippen LogP contribution in [-0.4, -0.2) is 23.4 Å². The second kappa shape index (κ2) is 10.5. The molecule has 43 heavy (non-hydrogen) atoms. The first-order valence-corrected chi connectivity index (χ1v) is 16.0. The third-order valence-corrected chi connectivity index (χ3v) is 10.3. The Morgan fingerprint density at radius 2 is 0.628 bits per heavy atom. The highest BCUT2D eigenvalue weighted by Gasteiger charge is 2.53. The molecule has 6 rings (SSSR count). The minimum absolute atomic E-state index is 0.0911. The number of hydrogen-bond donors (Lipinski definition) is 2. The molecule has 0 atom stereocenters. The molecular formula is C41H48O2. The Balaban J connectivity index is 1.53. The molecule has 4 aromatic rings. The number of aliphatic hydroxyl groups is 2. The lowest BCUT2D eigenvalue weighted by molar-refractivity contribution is 0.0891. The Labute approximate surface area is 258 Å². The average Bonchev–Trinajstić information content (AvgIpc) is 3.39. The van der Waals surface area contributed by atoms with Gasteiger partial charge in [0.05, 0.1) is 0 Å². The Morgan fingerprint density at radius 3 is 0.884 bits per heavy atom. The van der Waals surface area contributed by atoms with E-state index < -0.39 is 0 Å². The maximum absolute atomic E-state index is 10.6. The van der Waals surface area contributed by atoms with Crippen molar-refractivity contribution in [1.29, 1.82) is 0 Å². The largest absolute Gasteiger partial charge is 0.396 e. The highest BCUT2D eigenvalue weighted by atomic mass is 16.3. The van der Waals surface area contributed by atoms with E-state index in [1.807, 2.05) is 0 Å². The third-order valence-electron chi connectivity index (χ3n) is 10.3. The second-order valence-corrected chi connectivity index (χ2v) is 15.9. The quantitative estimate of drug-likeness (QED) is 0.199. The molecular weight excluding hydrogens is 524 g/mol. The van der Waals surface area contributed by atoms with Crippen molar-refractivity contribution in [2.45, 2.75) is 78.1 Å². The highest BCUT2D eigenvalue weighted by molar-refractivity contribution is 5.82. The van der Waals surface area contributed by atoms with Crippen LogP contribution < -0.4 is 0 Å². The number of rotatable bonds is 10. The smallest absolute Gasteiger partial charge is 0.0482 e. The highest BCUT2D eigenvalue weighted by Crippen LogP contribution is 2.62. The molecule has 0 aromatic heterocycles. The zero-order valence-electron chi connectivity index (χ0n) is 26.9. The summed E-state index contributed by atoms with van der Waals surface area (Å²) < 4.78 is 0. The van der Waals surface area contributed by atoms with E-state index in [1.54, 1.807) is 0 Å². The molecule has 0 bridgehead atoms. The number of hydrogen-bond acceptors (Lipinski definition) is 2. The molecule has 0 spiro atoms. The Kier molecular flexibility index (Phi) is 7.26. The number of fused-ring (bicyclic) bond motifs is 6. The molecule has 2 heteroatoms. The van der Waals surface area contributed by atoms with Gasteiger partial charge >= 0.3 is 0 Å². The Morgan fingerprint density at radius 1 is 0.395 bits per heavy atom. The molecule has 0 aliphatic heterocycles. The predicted molar refractivity (Wildman–Crippen MR) is 179 cm³/mol. The van der Waals surface area contributed by atoms with E-state index in [2.05, 4.69) is 139 Å². The lowest BCUT2D eigenvalue weighted by Crippen LogP contribution is -2.42. The van der Waals surface area contributed by atoms with Gasteiger partial charge in [-0.25, -0.2) is 0 Å². The maximum Gasteiger partial charge on any atom is 0.0482 e. The van der Waals surface area contributed by atoms with Crippen molar-refractivity contribution < 1.29 is 10.2 Å². The van der Waals surface area contributed by atoms with E-state index in [9.17, 15) is 10.2 Å². The zero-order valence-corrected chi connectivity index (χ0v) is 26.9. The van der Waals surface area contributed by atoms with Crippen LogP contribution in [0.4, 0.5) is 0 Å². The van der Waals surface area contributed by atoms with Crippen molar-refractivity contribution in [1.82, 2.24) is 0 Å². The van der Waals surface area contributed by atoms with Crippen molar-refractivity contribution >= 4 is 0 Å². The molecule has 0 heterocycles. The van der Waals surface area contributed by atoms with Crippen LogP contribution in [-0.2, 0) is 10.8 Å².